The molecule has 0 aliphatic rings. The van der Waals surface area contributed by atoms with E-state index >= 15 is 0 Å². The van der Waals surface area contributed by atoms with E-state index in [0.29, 0.717) is 24.6 Å². The van der Waals surface area contributed by atoms with Gasteiger partial charge < -0.3 is 14.0 Å². The van der Waals surface area contributed by atoms with Crippen LogP contribution < -0.4 is 4.74 Å². The smallest absolute Gasteiger partial charge is 0.306 e. The minimum absolute atomic E-state index is 0.0670. The third-order valence-corrected chi connectivity index (χ3v) is 5.23. The molecule has 29 heavy (non-hydrogen) atoms. The summed E-state index contributed by atoms with van der Waals surface area (Å²) in [5, 5.41) is 4.87. The van der Waals surface area contributed by atoms with Gasteiger partial charge in [-0.15, -0.1) is 11.3 Å². The summed E-state index contributed by atoms with van der Waals surface area (Å²) in [5.74, 6) is 0.975. The summed E-state index contributed by atoms with van der Waals surface area (Å²) < 4.78 is 17.2. The van der Waals surface area contributed by atoms with Crippen molar-refractivity contribution in [2.24, 2.45) is 0 Å². The minimum Gasteiger partial charge on any atom is -0.493 e. The molecule has 7 nitrogen and oxygen atoms in total. The van der Waals surface area contributed by atoms with Crippen molar-refractivity contribution in [1.29, 1.82) is 0 Å². The third kappa shape index (κ3) is 4.60. The number of benzene rings is 2. The van der Waals surface area contributed by atoms with E-state index in [9.17, 15) is 4.79 Å². The third-order valence-electron chi connectivity index (χ3n) is 4.13. The van der Waals surface area contributed by atoms with Gasteiger partial charge in [0, 0.05) is 6.42 Å². The van der Waals surface area contributed by atoms with Crippen LogP contribution in [0.25, 0.3) is 21.6 Å². The number of aromatic nitrogens is 3. The molecule has 0 aliphatic carbocycles. The van der Waals surface area contributed by atoms with Gasteiger partial charge in [-0.2, -0.15) is 4.98 Å². The number of para-hydroxylation sites is 2. The summed E-state index contributed by atoms with van der Waals surface area (Å²) in [4.78, 5) is 20.9. The molecule has 0 fully saturated rings. The topological polar surface area (TPSA) is 87.3 Å². The molecule has 2 aromatic carbocycles. The SMILES string of the molecule is CCOc1ccccc1-c1noc(COC(=O)CCc2nc3ccccc3s2)n1. The second-order valence-electron chi connectivity index (χ2n) is 6.18. The number of fused-ring (bicyclic) bond motifs is 1. The maximum Gasteiger partial charge on any atom is 0.306 e. The van der Waals surface area contributed by atoms with Gasteiger partial charge in [-0.1, -0.05) is 29.4 Å². The maximum atomic E-state index is 12.1. The van der Waals surface area contributed by atoms with Crippen molar-refractivity contribution in [2.45, 2.75) is 26.4 Å². The van der Waals surface area contributed by atoms with Crippen LogP contribution in [0.4, 0.5) is 0 Å². The normalized spacial score (nSPS) is 10.9. The van der Waals surface area contributed by atoms with Crippen LogP contribution >= 0.6 is 11.3 Å². The van der Waals surface area contributed by atoms with Crippen molar-refractivity contribution in [2.75, 3.05) is 6.61 Å². The van der Waals surface area contributed by atoms with Crippen LogP contribution in [0.5, 0.6) is 5.75 Å². The number of carbonyl (C=O) groups is 1. The molecule has 0 radical (unpaired) electrons. The van der Waals surface area contributed by atoms with Crippen LogP contribution in [0.2, 0.25) is 0 Å². The molecule has 4 aromatic rings. The molecule has 148 valence electrons. The first-order chi connectivity index (χ1) is 14.2. The number of ether oxygens (including phenoxy) is 2. The number of aryl methyl sites for hydroxylation is 1. The molecule has 2 aromatic heterocycles. The molecule has 0 amide bonds. The lowest BCUT2D eigenvalue weighted by atomic mass is 10.2. The molecule has 4 rings (SSSR count). The lowest BCUT2D eigenvalue weighted by Crippen LogP contribution is -2.06. The largest absolute Gasteiger partial charge is 0.493 e. The second kappa shape index (κ2) is 8.83. The van der Waals surface area contributed by atoms with E-state index in [1.54, 1.807) is 11.3 Å². The quantitative estimate of drug-likeness (QED) is 0.398. The summed E-state index contributed by atoms with van der Waals surface area (Å²) in [5.41, 5.74) is 1.68. The van der Waals surface area contributed by atoms with Crippen molar-refractivity contribution in [3.63, 3.8) is 0 Å². The molecule has 0 bridgehead atoms. The average Bonchev–Trinajstić information content (AvgIpc) is 3.38. The highest BCUT2D eigenvalue weighted by Crippen LogP contribution is 2.27. The first-order valence-corrected chi connectivity index (χ1v) is 10.1. The van der Waals surface area contributed by atoms with Crippen LogP contribution in [0.15, 0.2) is 53.1 Å². The van der Waals surface area contributed by atoms with Gasteiger partial charge in [0.1, 0.15) is 5.75 Å². The molecule has 8 heteroatoms. The molecular formula is C21H19N3O4S. The monoisotopic (exact) mass is 409 g/mol. The standard InChI is InChI=1S/C21H19N3O4S/c1-2-26-16-9-5-3-7-14(16)21-23-18(28-24-21)13-27-20(25)12-11-19-22-15-8-4-6-10-17(15)29-19/h3-10H,2,11-13H2,1H3. The molecule has 0 aliphatic heterocycles. The molecule has 0 saturated carbocycles. The summed E-state index contributed by atoms with van der Waals surface area (Å²) in [6.07, 6.45) is 0.781. The Morgan fingerprint density at radius 2 is 1.93 bits per heavy atom. The van der Waals surface area contributed by atoms with Crippen LogP contribution in [-0.2, 0) is 22.6 Å². The Bertz CT molecular complexity index is 1090. The van der Waals surface area contributed by atoms with Crippen LogP contribution in [-0.4, -0.2) is 27.7 Å². The van der Waals surface area contributed by atoms with Gasteiger partial charge in [-0.25, -0.2) is 4.98 Å². The van der Waals surface area contributed by atoms with E-state index in [4.69, 9.17) is 14.0 Å². The van der Waals surface area contributed by atoms with Crippen LogP contribution in [0.3, 0.4) is 0 Å². The van der Waals surface area contributed by atoms with E-state index in [1.807, 2.05) is 55.5 Å². The van der Waals surface area contributed by atoms with Crippen molar-refractivity contribution in [3.8, 4) is 17.1 Å². The number of nitrogens with zero attached hydrogens (tertiary/aromatic N) is 3. The summed E-state index contributed by atoms with van der Waals surface area (Å²) in [6, 6.07) is 15.4. The van der Waals surface area contributed by atoms with Crippen molar-refractivity contribution in [3.05, 3.63) is 59.4 Å². The Labute approximate surface area is 171 Å². The van der Waals surface area contributed by atoms with Gasteiger partial charge in [-0.05, 0) is 31.2 Å². The van der Waals surface area contributed by atoms with Gasteiger partial charge in [0.2, 0.25) is 5.82 Å². The number of rotatable bonds is 8. The molecule has 0 atom stereocenters. The van der Waals surface area contributed by atoms with Gasteiger partial charge in [-0.3, -0.25) is 4.79 Å². The minimum atomic E-state index is -0.335. The lowest BCUT2D eigenvalue weighted by molar-refractivity contribution is -0.145. The number of hydrogen-bond acceptors (Lipinski definition) is 8. The molecule has 0 saturated heterocycles. The highest BCUT2D eigenvalue weighted by molar-refractivity contribution is 7.18. The Morgan fingerprint density at radius 1 is 1.10 bits per heavy atom. The lowest BCUT2D eigenvalue weighted by Gasteiger charge is -2.06. The van der Waals surface area contributed by atoms with Crippen LogP contribution in [0, 0.1) is 0 Å². The van der Waals surface area contributed by atoms with Gasteiger partial charge in [0.25, 0.3) is 5.89 Å². The van der Waals surface area contributed by atoms with E-state index < -0.39 is 0 Å². The zero-order valence-electron chi connectivity index (χ0n) is 15.8. The summed E-state index contributed by atoms with van der Waals surface area (Å²) in [6.45, 7) is 2.38. The Balaban J connectivity index is 1.32. The number of esters is 1. The predicted octanol–water partition coefficient (Wildman–Crippen LogP) is 4.42. The fraction of sp³-hybridized carbons (Fsp3) is 0.238. The van der Waals surface area contributed by atoms with Gasteiger partial charge in [0.15, 0.2) is 6.61 Å². The highest BCUT2D eigenvalue weighted by atomic mass is 32.1. The van der Waals surface area contributed by atoms with Gasteiger partial charge in [0.05, 0.1) is 33.8 Å². The van der Waals surface area contributed by atoms with Crippen molar-refractivity contribution < 1.29 is 18.8 Å². The molecule has 0 N–H and O–H groups in total. The summed E-state index contributed by atoms with van der Waals surface area (Å²) in [7, 11) is 0. The predicted molar refractivity (Wildman–Crippen MR) is 109 cm³/mol. The molecule has 2 heterocycles. The fourth-order valence-electron chi connectivity index (χ4n) is 2.81. The Hall–Kier alpha value is -3.26. The average molecular weight is 409 g/mol. The number of carbonyl (C=O) groups excluding carboxylic acids is 1. The number of hydrogen-bond donors (Lipinski definition) is 0. The molecule has 0 unspecified atom stereocenters. The Kier molecular flexibility index (Phi) is 5.81. The van der Waals surface area contributed by atoms with Gasteiger partial charge >= 0.3 is 5.97 Å². The zero-order valence-corrected chi connectivity index (χ0v) is 16.6. The Morgan fingerprint density at radius 3 is 2.79 bits per heavy atom. The van der Waals surface area contributed by atoms with E-state index in [2.05, 4.69) is 15.1 Å². The fourth-order valence-corrected chi connectivity index (χ4v) is 3.77. The zero-order chi connectivity index (χ0) is 20.1. The molecular weight excluding hydrogens is 390 g/mol. The first-order valence-electron chi connectivity index (χ1n) is 9.28. The maximum absolute atomic E-state index is 12.1. The first kappa shape index (κ1) is 19.1. The number of thiazole rings is 1. The second-order valence-corrected chi connectivity index (χ2v) is 7.29. The van der Waals surface area contributed by atoms with Crippen molar-refractivity contribution >= 4 is 27.5 Å². The summed E-state index contributed by atoms with van der Waals surface area (Å²) >= 11 is 1.59. The van der Waals surface area contributed by atoms with E-state index in [1.165, 1.54) is 0 Å². The van der Waals surface area contributed by atoms with Crippen molar-refractivity contribution in [1.82, 2.24) is 15.1 Å². The van der Waals surface area contributed by atoms with E-state index in [0.717, 1.165) is 20.8 Å². The van der Waals surface area contributed by atoms with Crippen LogP contribution in [0.1, 0.15) is 24.2 Å². The van der Waals surface area contributed by atoms with E-state index in [-0.39, 0.29) is 24.9 Å². The highest BCUT2D eigenvalue weighted by Gasteiger charge is 2.15. The molecule has 0 spiro atoms.